The summed E-state index contributed by atoms with van der Waals surface area (Å²) in [6.07, 6.45) is 7.38. The van der Waals surface area contributed by atoms with Crippen LogP contribution in [0.2, 0.25) is 0 Å². The number of nitrogens with one attached hydrogen (secondary N) is 1. The molecular weight excluding hydrogens is 248 g/mol. The van der Waals surface area contributed by atoms with Gasteiger partial charge in [0, 0.05) is 6.04 Å². The molecule has 0 radical (unpaired) electrons. The number of nitrogens with zero attached hydrogens (tertiary/aromatic N) is 1. The molecule has 0 spiro atoms. The van der Waals surface area contributed by atoms with Crippen molar-refractivity contribution < 1.29 is 4.79 Å². The van der Waals surface area contributed by atoms with Crippen molar-refractivity contribution in [3.05, 3.63) is 35.9 Å². The molecule has 1 N–H and O–H groups in total. The van der Waals surface area contributed by atoms with Crippen molar-refractivity contribution >= 4 is 5.91 Å². The van der Waals surface area contributed by atoms with Crippen LogP contribution in [0.25, 0.3) is 0 Å². The second-order valence-corrected chi connectivity index (χ2v) is 5.97. The summed E-state index contributed by atoms with van der Waals surface area (Å²) in [7, 11) is 0. The predicted molar refractivity (Wildman–Crippen MR) is 80.1 cm³/mol. The van der Waals surface area contributed by atoms with E-state index >= 15 is 0 Å². The van der Waals surface area contributed by atoms with Gasteiger partial charge in [0.15, 0.2) is 0 Å². The first-order valence-electron chi connectivity index (χ1n) is 7.94. The van der Waals surface area contributed by atoms with E-state index in [2.05, 4.69) is 17.1 Å². The average Bonchev–Trinajstić information content (AvgIpc) is 2.86. The normalized spacial score (nSPS) is 28.1. The number of carbonyl (C=O) groups excluding carboxylic acids is 1. The summed E-state index contributed by atoms with van der Waals surface area (Å²) in [6, 6.07) is 10.4. The van der Waals surface area contributed by atoms with Crippen LogP contribution < -0.4 is 5.32 Å². The SMILES string of the molecule is CCC1NC(c2ccccc2)C(=O)N1C1CCCCC1. The summed E-state index contributed by atoms with van der Waals surface area (Å²) >= 11 is 0. The van der Waals surface area contributed by atoms with Crippen molar-refractivity contribution in [2.45, 2.75) is 63.7 Å². The van der Waals surface area contributed by atoms with Crippen molar-refractivity contribution in [1.82, 2.24) is 10.2 Å². The molecule has 1 aromatic rings. The molecule has 3 rings (SSSR count). The standard InChI is InChI=1S/C17H24N2O/c1-2-15-18-16(13-9-5-3-6-10-13)17(20)19(15)14-11-7-4-8-12-14/h3,5-6,9-10,14-16,18H,2,4,7-8,11-12H2,1H3. The first kappa shape index (κ1) is 13.6. The van der Waals surface area contributed by atoms with Gasteiger partial charge in [0.2, 0.25) is 5.91 Å². The third-order valence-electron chi connectivity index (χ3n) is 4.68. The van der Waals surface area contributed by atoms with E-state index in [1.165, 1.54) is 32.1 Å². The average molecular weight is 272 g/mol. The Labute approximate surface area is 121 Å². The van der Waals surface area contributed by atoms with Crippen molar-refractivity contribution in [1.29, 1.82) is 0 Å². The minimum absolute atomic E-state index is 0.150. The molecule has 0 bridgehead atoms. The fourth-order valence-electron chi connectivity index (χ4n) is 3.64. The molecule has 2 unspecified atom stereocenters. The summed E-state index contributed by atoms with van der Waals surface area (Å²) in [5, 5.41) is 3.53. The van der Waals surface area contributed by atoms with Crippen LogP contribution in [0.4, 0.5) is 0 Å². The number of hydrogen-bond donors (Lipinski definition) is 1. The highest BCUT2D eigenvalue weighted by Gasteiger charge is 2.42. The summed E-state index contributed by atoms with van der Waals surface area (Å²) in [4.78, 5) is 15.0. The monoisotopic (exact) mass is 272 g/mol. The van der Waals surface area contributed by atoms with Gasteiger partial charge in [-0.05, 0) is 24.8 Å². The largest absolute Gasteiger partial charge is 0.323 e. The summed E-state index contributed by atoms with van der Waals surface area (Å²) in [5.41, 5.74) is 1.09. The molecule has 1 aromatic carbocycles. The lowest BCUT2D eigenvalue weighted by atomic mass is 9.93. The van der Waals surface area contributed by atoms with E-state index in [-0.39, 0.29) is 18.1 Å². The highest BCUT2D eigenvalue weighted by molar-refractivity contribution is 5.86. The minimum atomic E-state index is -0.150. The molecule has 0 aromatic heterocycles. The maximum absolute atomic E-state index is 12.8. The van der Waals surface area contributed by atoms with Crippen LogP contribution in [0.1, 0.15) is 57.1 Å². The molecule has 1 saturated heterocycles. The number of carbonyl (C=O) groups is 1. The lowest BCUT2D eigenvalue weighted by molar-refractivity contribution is -0.133. The Morgan fingerprint density at radius 1 is 1.15 bits per heavy atom. The minimum Gasteiger partial charge on any atom is -0.323 e. The van der Waals surface area contributed by atoms with E-state index < -0.39 is 0 Å². The Balaban J connectivity index is 1.81. The van der Waals surface area contributed by atoms with Crippen LogP contribution in [-0.2, 0) is 4.79 Å². The van der Waals surface area contributed by atoms with Gasteiger partial charge in [0.05, 0.1) is 6.17 Å². The number of benzene rings is 1. The highest BCUT2D eigenvalue weighted by atomic mass is 16.2. The molecule has 2 atom stereocenters. The van der Waals surface area contributed by atoms with Crippen LogP contribution in [0.3, 0.4) is 0 Å². The fraction of sp³-hybridized carbons (Fsp3) is 0.588. The van der Waals surface area contributed by atoms with Gasteiger partial charge in [-0.15, -0.1) is 0 Å². The van der Waals surface area contributed by atoms with Gasteiger partial charge >= 0.3 is 0 Å². The van der Waals surface area contributed by atoms with Crippen molar-refractivity contribution in [2.75, 3.05) is 0 Å². The highest BCUT2D eigenvalue weighted by Crippen LogP contribution is 2.32. The molecule has 1 aliphatic carbocycles. The van der Waals surface area contributed by atoms with E-state index in [1.807, 2.05) is 30.3 Å². The summed E-state index contributed by atoms with van der Waals surface area (Å²) in [6.45, 7) is 2.16. The van der Waals surface area contributed by atoms with E-state index in [9.17, 15) is 4.79 Å². The molecule has 3 heteroatoms. The Morgan fingerprint density at radius 3 is 2.50 bits per heavy atom. The van der Waals surface area contributed by atoms with Gasteiger partial charge in [0.1, 0.15) is 6.04 Å². The van der Waals surface area contributed by atoms with Crippen LogP contribution >= 0.6 is 0 Å². The van der Waals surface area contributed by atoms with E-state index in [4.69, 9.17) is 0 Å². The van der Waals surface area contributed by atoms with Crippen molar-refractivity contribution in [2.24, 2.45) is 0 Å². The quantitative estimate of drug-likeness (QED) is 0.916. The van der Waals surface area contributed by atoms with Crippen LogP contribution in [0, 0.1) is 0 Å². The van der Waals surface area contributed by atoms with E-state index in [1.54, 1.807) is 0 Å². The van der Waals surface area contributed by atoms with Gasteiger partial charge in [0.25, 0.3) is 0 Å². The third kappa shape index (κ3) is 2.47. The Morgan fingerprint density at radius 2 is 1.85 bits per heavy atom. The molecular formula is C17H24N2O. The van der Waals surface area contributed by atoms with Crippen molar-refractivity contribution in [3.63, 3.8) is 0 Å². The molecule has 1 heterocycles. The predicted octanol–water partition coefficient (Wildman–Crippen LogP) is 3.23. The molecule has 2 fully saturated rings. The fourth-order valence-corrected chi connectivity index (χ4v) is 3.64. The lowest BCUT2D eigenvalue weighted by Gasteiger charge is -2.34. The zero-order valence-corrected chi connectivity index (χ0v) is 12.2. The topological polar surface area (TPSA) is 32.3 Å². The van der Waals surface area contributed by atoms with Crippen molar-refractivity contribution in [3.8, 4) is 0 Å². The van der Waals surface area contributed by atoms with Gasteiger partial charge in [-0.25, -0.2) is 0 Å². The van der Waals surface area contributed by atoms with Gasteiger partial charge < -0.3 is 4.90 Å². The van der Waals surface area contributed by atoms with E-state index in [0.29, 0.717) is 6.04 Å². The lowest BCUT2D eigenvalue weighted by Crippen LogP contribution is -2.45. The molecule has 1 amide bonds. The number of amides is 1. The van der Waals surface area contributed by atoms with Gasteiger partial charge in [-0.1, -0.05) is 56.5 Å². The smallest absolute Gasteiger partial charge is 0.245 e. The van der Waals surface area contributed by atoms with Gasteiger partial charge in [-0.2, -0.15) is 0 Å². The summed E-state index contributed by atoms with van der Waals surface area (Å²) in [5.74, 6) is 0.273. The molecule has 1 saturated carbocycles. The Hall–Kier alpha value is -1.35. The Bertz CT molecular complexity index is 453. The number of rotatable bonds is 3. The van der Waals surface area contributed by atoms with Gasteiger partial charge in [-0.3, -0.25) is 10.1 Å². The second-order valence-electron chi connectivity index (χ2n) is 5.97. The molecule has 3 nitrogen and oxygen atoms in total. The zero-order valence-electron chi connectivity index (χ0n) is 12.2. The molecule has 1 aliphatic heterocycles. The van der Waals surface area contributed by atoms with Crippen LogP contribution in [0.15, 0.2) is 30.3 Å². The molecule has 2 aliphatic rings. The van der Waals surface area contributed by atoms with Crippen LogP contribution in [0.5, 0.6) is 0 Å². The first-order chi connectivity index (χ1) is 9.81. The maximum Gasteiger partial charge on any atom is 0.245 e. The van der Waals surface area contributed by atoms with Crippen LogP contribution in [-0.4, -0.2) is 23.0 Å². The third-order valence-corrected chi connectivity index (χ3v) is 4.68. The van der Waals surface area contributed by atoms with E-state index in [0.717, 1.165) is 12.0 Å². The Kier molecular flexibility index (Phi) is 4.06. The molecule has 20 heavy (non-hydrogen) atoms. The summed E-state index contributed by atoms with van der Waals surface area (Å²) < 4.78 is 0. The maximum atomic E-state index is 12.8. The first-order valence-corrected chi connectivity index (χ1v) is 7.94. The molecule has 108 valence electrons. The zero-order chi connectivity index (χ0) is 13.9. The number of hydrogen-bond acceptors (Lipinski definition) is 2. The second kappa shape index (κ2) is 5.96.